The van der Waals surface area contributed by atoms with Crippen molar-refractivity contribution in [3.8, 4) is 0 Å². The van der Waals surface area contributed by atoms with Crippen LogP contribution in [0, 0.1) is 0 Å². The number of carbonyl (C=O) groups is 1. The van der Waals surface area contributed by atoms with E-state index < -0.39 is 0 Å². The number of hydrogen-bond acceptors (Lipinski definition) is 3. The van der Waals surface area contributed by atoms with Crippen molar-refractivity contribution in [1.82, 2.24) is 10.3 Å². The molecule has 0 aliphatic carbocycles. The van der Waals surface area contributed by atoms with Gasteiger partial charge >= 0.3 is 0 Å². The second-order valence-electron chi connectivity index (χ2n) is 5.83. The van der Waals surface area contributed by atoms with Gasteiger partial charge in [0.1, 0.15) is 5.82 Å². The van der Waals surface area contributed by atoms with Crippen molar-refractivity contribution in [2.45, 2.75) is 18.8 Å². The molecular formula is C16H19N3O. The van der Waals surface area contributed by atoms with Gasteiger partial charge in [-0.2, -0.15) is 0 Å². The number of Topliss-reactive ketones (excluding diaryl/α,β-unsaturated/α-hetero) is 1. The van der Waals surface area contributed by atoms with Gasteiger partial charge in [0.2, 0.25) is 0 Å². The molecule has 1 fully saturated rings. The van der Waals surface area contributed by atoms with Crippen LogP contribution >= 0.6 is 0 Å². The van der Waals surface area contributed by atoms with Gasteiger partial charge in [0.05, 0.1) is 12.1 Å². The molecule has 4 nitrogen and oxygen atoms in total. The molecule has 0 saturated carbocycles. The van der Waals surface area contributed by atoms with E-state index in [2.05, 4.69) is 21.3 Å². The first kappa shape index (κ1) is 12.0. The molecule has 0 spiro atoms. The summed E-state index contributed by atoms with van der Waals surface area (Å²) in [6.45, 7) is 2.67. The van der Waals surface area contributed by atoms with Crippen LogP contribution in [0.4, 0.5) is 5.82 Å². The van der Waals surface area contributed by atoms with Crippen LogP contribution in [0.3, 0.4) is 0 Å². The van der Waals surface area contributed by atoms with Crippen molar-refractivity contribution >= 4 is 22.5 Å². The summed E-state index contributed by atoms with van der Waals surface area (Å²) in [4.78, 5) is 18.2. The van der Waals surface area contributed by atoms with Gasteiger partial charge in [-0.1, -0.05) is 12.1 Å². The molecule has 104 valence electrons. The summed E-state index contributed by atoms with van der Waals surface area (Å²) < 4.78 is 0. The second-order valence-corrected chi connectivity index (χ2v) is 5.83. The molecular weight excluding hydrogens is 250 g/mol. The van der Waals surface area contributed by atoms with Crippen LogP contribution in [-0.2, 0) is 0 Å². The van der Waals surface area contributed by atoms with Gasteiger partial charge in [0, 0.05) is 29.6 Å². The zero-order chi connectivity index (χ0) is 13.7. The molecule has 2 bridgehead atoms. The van der Waals surface area contributed by atoms with Crippen molar-refractivity contribution in [2.75, 3.05) is 31.6 Å². The fourth-order valence-electron chi connectivity index (χ4n) is 3.77. The molecule has 1 aromatic heterocycles. The number of aromatic amines is 1. The average Bonchev–Trinajstić information content (AvgIpc) is 2.90. The standard InChI is InChI=1S/C16H19N3O/c1-17-9-13(20)11-3-2-4-12-14-10-5-7-19(8-6-10)16(14)18-15(11)12/h2-4,10,17-18H,5-9H2,1H3. The van der Waals surface area contributed by atoms with E-state index in [4.69, 9.17) is 0 Å². The van der Waals surface area contributed by atoms with Crippen molar-refractivity contribution < 1.29 is 4.79 Å². The summed E-state index contributed by atoms with van der Waals surface area (Å²) >= 11 is 0. The van der Waals surface area contributed by atoms with E-state index in [9.17, 15) is 4.79 Å². The van der Waals surface area contributed by atoms with Crippen LogP contribution in [0.5, 0.6) is 0 Å². The largest absolute Gasteiger partial charge is 0.358 e. The Labute approximate surface area is 118 Å². The molecule has 2 aromatic rings. The molecule has 20 heavy (non-hydrogen) atoms. The van der Waals surface area contributed by atoms with Crippen molar-refractivity contribution in [3.05, 3.63) is 29.3 Å². The zero-order valence-electron chi connectivity index (χ0n) is 11.7. The number of rotatable bonds is 3. The Morgan fingerprint density at radius 1 is 1.40 bits per heavy atom. The topological polar surface area (TPSA) is 48.1 Å². The van der Waals surface area contributed by atoms with Gasteiger partial charge in [-0.3, -0.25) is 4.79 Å². The highest BCUT2D eigenvalue weighted by molar-refractivity contribution is 6.09. The molecule has 5 rings (SSSR count). The van der Waals surface area contributed by atoms with Gasteiger partial charge in [-0.25, -0.2) is 0 Å². The number of hydrogen-bond donors (Lipinski definition) is 2. The van der Waals surface area contributed by atoms with Gasteiger partial charge in [0.15, 0.2) is 5.78 Å². The molecule has 3 aliphatic heterocycles. The second kappa shape index (κ2) is 4.35. The number of aromatic nitrogens is 1. The maximum absolute atomic E-state index is 12.3. The minimum absolute atomic E-state index is 0.152. The van der Waals surface area contributed by atoms with E-state index in [1.807, 2.05) is 19.2 Å². The van der Waals surface area contributed by atoms with Crippen LogP contribution in [-0.4, -0.2) is 37.4 Å². The van der Waals surface area contributed by atoms with Crippen molar-refractivity contribution in [3.63, 3.8) is 0 Å². The third-order valence-corrected chi connectivity index (χ3v) is 4.71. The first-order chi connectivity index (χ1) is 9.79. The molecule has 0 radical (unpaired) electrons. The SMILES string of the molecule is CNCC(=O)c1cccc2c3c([nH]c12)N1CCC3CC1. The van der Waals surface area contributed by atoms with E-state index in [0.717, 1.165) is 24.2 Å². The van der Waals surface area contributed by atoms with Gasteiger partial charge in [-0.15, -0.1) is 0 Å². The Balaban J connectivity index is 1.93. The molecule has 4 heteroatoms. The molecule has 4 heterocycles. The van der Waals surface area contributed by atoms with E-state index in [1.165, 1.54) is 29.6 Å². The first-order valence-electron chi connectivity index (χ1n) is 7.37. The molecule has 0 unspecified atom stereocenters. The highest BCUT2D eigenvalue weighted by atomic mass is 16.1. The number of para-hydroxylation sites is 1. The summed E-state index contributed by atoms with van der Waals surface area (Å²) in [7, 11) is 1.81. The lowest BCUT2D eigenvalue weighted by atomic mass is 9.84. The monoisotopic (exact) mass is 269 g/mol. The van der Waals surface area contributed by atoms with Crippen molar-refractivity contribution in [1.29, 1.82) is 0 Å². The predicted molar refractivity (Wildman–Crippen MR) is 80.7 cm³/mol. The number of benzene rings is 1. The number of H-pyrrole nitrogens is 1. The minimum atomic E-state index is 0.152. The third kappa shape index (κ3) is 1.54. The fourth-order valence-corrected chi connectivity index (χ4v) is 3.77. The summed E-state index contributed by atoms with van der Waals surface area (Å²) in [5.41, 5.74) is 3.28. The number of ketones is 1. The maximum atomic E-state index is 12.3. The van der Waals surface area contributed by atoms with Crippen molar-refractivity contribution in [2.24, 2.45) is 0 Å². The van der Waals surface area contributed by atoms with Crippen LogP contribution < -0.4 is 10.2 Å². The molecule has 3 aliphatic rings. The lowest BCUT2D eigenvalue weighted by molar-refractivity contribution is 0.0995. The number of carbonyl (C=O) groups excluding carboxylic acids is 1. The predicted octanol–water partition coefficient (Wildman–Crippen LogP) is 2.27. The molecule has 0 amide bonds. The number of piperidine rings is 1. The Kier molecular flexibility index (Phi) is 2.60. The molecule has 1 saturated heterocycles. The summed E-state index contributed by atoms with van der Waals surface area (Å²) in [5, 5.41) is 4.20. The Morgan fingerprint density at radius 3 is 2.95 bits per heavy atom. The summed E-state index contributed by atoms with van der Waals surface area (Å²) in [6, 6.07) is 6.10. The maximum Gasteiger partial charge on any atom is 0.178 e. The minimum Gasteiger partial charge on any atom is -0.358 e. The Morgan fingerprint density at radius 2 is 2.20 bits per heavy atom. The van der Waals surface area contributed by atoms with Gasteiger partial charge < -0.3 is 15.2 Å². The number of likely N-dealkylation sites (N-methyl/N-ethyl adjacent to an activating group) is 1. The zero-order valence-corrected chi connectivity index (χ0v) is 11.7. The van der Waals surface area contributed by atoms with Gasteiger partial charge in [-0.05, 0) is 31.9 Å². The molecule has 1 aromatic carbocycles. The molecule has 0 atom stereocenters. The third-order valence-electron chi connectivity index (χ3n) is 4.71. The summed E-state index contributed by atoms with van der Waals surface area (Å²) in [6.07, 6.45) is 2.49. The Bertz CT molecular complexity index is 680. The number of nitrogens with one attached hydrogen (secondary N) is 2. The number of fused-ring (bicyclic) bond motifs is 3. The first-order valence-corrected chi connectivity index (χ1v) is 7.37. The van der Waals surface area contributed by atoms with E-state index in [1.54, 1.807) is 0 Å². The average molecular weight is 269 g/mol. The van der Waals surface area contributed by atoms with E-state index in [-0.39, 0.29) is 5.78 Å². The lowest BCUT2D eigenvalue weighted by Gasteiger charge is -2.40. The van der Waals surface area contributed by atoms with Gasteiger partial charge in [0.25, 0.3) is 0 Å². The molecule has 2 N–H and O–H groups in total. The number of nitrogens with zero attached hydrogens (tertiary/aromatic N) is 1. The highest BCUT2D eigenvalue weighted by Crippen LogP contribution is 2.46. The lowest BCUT2D eigenvalue weighted by Crippen LogP contribution is -2.38. The normalized spacial score (nSPS) is 17.8. The van der Waals surface area contributed by atoms with E-state index >= 15 is 0 Å². The van der Waals surface area contributed by atoms with Crippen LogP contribution in [0.25, 0.3) is 10.9 Å². The van der Waals surface area contributed by atoms with Crippen LogP contribution in [0.2, 0.25) is 0 Å². The van der Waals surface area contributed by atoms with E-state index in [0.29, 0.717) is 12.5 Å². The Hall–Kier alpha value is -1.81. The van der Waals surface area contributed by atoms with Crippen LogP contribution in [0.1, 0.15) is 34.7 Å². The quantitative estimate of drug-likeness (QED) is 0.840. The fraction of sp³-hybridized carbons (Fsp3) is 0.438. The van der Waals surface area contributed by atoms with Crippen LogP contribution in [0.15, 0.2) is 18.2 Å². The smallest absolute Gasteiger partial charge is 0.178 e. The number of anilines is 1. The highest BCUT2D eigenvalue weighted by Gasteiger charge is 2.34. The summed E-state index contributed by atoms with van der Waals surface area (Å²) in [5.74, 6) is 2.07.